The van der Waals surface area contributed by atoms with E-state index in [1.165, 1.54) is 0 Å². The lowest BCUT2D eigenvalue weighted by Crippen LogP contribution is -2.06. The quantitative estimate of drug-likeness (QED) is 0.661. The molecule has 1 aromatic rings. The van der Waals surface area contributed by atoms with Gasteiger partial charge in [0.2, 0.25) is 0 Å². The molecule has 0 fully saturated rings. The molecule has 0 saturated heterocycles. The second-order valence-electron chi connectivity index (χ2n) is 2.45. The normalized spacial score (nSPS) is 12.5. The standard InChI is InChI=1S/C10H14OS/c1-3-12-9(2)11-10-7-5-4-6-8-10/h4-9H,3H2,1-2H3. The molecule has 2 heteroatoms. The van der Waals surface area contributed by atoms with Gasteiger partial charge in [-0.1, -0.05) is 25.1 Å². The van der Waals surface area contributed by atoms with Crippen molar-refractivity contribution in [1.82, 2.24) is 0 Å². The van der Waals surface area contributed by atoms with E-state index in [4.69, 9.17) is 4.74 Å². The molecule has 66 valence electrons. The summed E-state index contributed by atoms with van der Waals surface area (Å²) in [5, 5.41) is 0. The molecule has 0 heterocycles. The Hall–Kier alpha value is -0.630. The topological polar surface area (TPSA) is 9.23 Å². The first-order valence-electron chi connectivity index (χ1n) is 4.16. The van der Waals surface area contributed by atoms with Crippen LogP contribution in [0.25, 0.3) is 0 Å². The number of benzene rings is 1. The Labute approximate surface area is 78.1 Å². The van der Waals surface area contributed by atoms with Crippen LogP contribution in [0.1, 0.15) is 13.8 Å². The van der Waals surface area contributed by atoms with Crippen LogP contribution in [0.4, 0.5) is 0 Å². The van der Waals surface area contributed by atoms with Crippen molar-refractivity contribution in [2.75, 3.05) is 5.75 Å². The summed E-state index contributed by atoms with van der Waals surface area (Å²) in [6, 6.07) is 9.92. The van der Waals surface area contributed by atoms with E-state index >= 15 is 0 Å². The number of para-hydroxylation sites is 1. The first kappa shape index (κ1) is 9.46. The summed E-state index contributed by atoms with van der Waals surface area (Å²) in [6.45, 7) is 4.21. The molecule has 0 N–H and O–H groups in total. The number of thioether (sulfide) groups is 1. The Morgan fingerprint density at radius 1 is 1.33 bits per heavy atom. The third-order valence-corrected chi connectivity index (χ3v) is 2.35. The molecule has 0 aliphatic carbocycles. The SMILES string of the molecule is CCSC(C)Oc1ccccc1. The van der Waals surface area contributed by atoms with Crippen LogP contribution in [-0.2, 0) is 0 Å². The van der Waals surface area contributed by atoms with Gasteiger partial charge in [-0.2, -0.15) is 0 Å². The summed E-state index contributed by atoms with van der Waals surface area (Å²) >= 11 is 1.80. The third-order valence-electron chi connectivity index (χ3n) is 1.45. The van der Waals surface area contributed by atoms with Crippen molar-refractivity contribution >= 4 is 11.8 Å². The zero-order chi connectivity index (χ0) is 8.81. The Morgan fingerprint density at radius 2 is 2.00 bits per heavy atom. The molecular weight excluding hydrogens is 168 g/mol. The highest BCUT2D eigenvalue weighted by molar-refractivity contribution is 7.99. The van der Waals surface area contributed by atoms with Crippen LogP contribution >= 0.6 is 11.8 Å². The molecule has 0 bridgehead atoms. The molecule has 0 saturated carbocycles. The summed E-state index contributed by atoms with van der Waals surface area (Å²) in [4.78, 5) is 0. The molecule has 0 aliphatic rings. The van der Waals surface area contributed by atoms with Crippen molar-refractivity contribution in [1.29, 1.82) is 0 Å². The molecule has 0 aliphatic heterocycles. The summed E-state index contributed by atoms with van der Waals surface area (Å²) in [5.41, 5.74) is 0.248. The zero-order valence-corrected chi connectivity index (χ0v) is 8.30. The lowest BCUT2D eigenvalue weighted by Gasteiger charge is -2.12. The maximum atomic E-state index is 5.62. The predicted octanol–water partition coefficient (Wildman–Crippen LogP) is 3.16. The molecule has 1 atom stereocenters. The molecule has 0 spiro atoms. The fourth-order valence-corrected chi connectivity index (χ4v) is 1.61. The van der Waals surface area contributed by atoms with Crippen LogP contribution in [0.3, 0.4) is 0 Å². The molecule has 12 heavy (non-hydrogen) atoms. The van der Waals surface area contributed by atoms with Gasteiger partial charge in [-0.3, -0.25) is 0 Å². The molecule has 0 radical (unpaired) electrons. The summed E-state index contributed by atoms with van der Waals surface area (Å²) in [5.74, 6) is 2.04. The first-order valence-corrected chi connectivity index (χ1v) is 5.21. The highest BCUT2D eigenvalue weighted by Gasteiger charge is 2.00. The third kappa shape index (κ3) is 3.18. The largest absolute Gasteiger partial charge is 0.480 e. The van der Waals surface area contributed by atoms with Gasteiger partial charge >= 0.3 is 0 Å². The average molecular weight is 182 g/mol. The van der Waals surface area contributed by atoms with Gasteiger partial charge in [-0.05, 0) is 24.8 Å². The van der Waals surface area contributed by atoms with E-state index in [0.717, 1.165) is 11.5 Å². The van der Waals surface area contributed by atoms with Gasteiger partial charge in [-0.25, -0.2) is 0 Å². The van der Waals surface area contributed by atoms with Gasteiger partial charge in [0, 0.05) is 0 Å². The lowest BCUT2D eigenvalue weighted by molar-refractivity contribution is 0.308. The fraction of sp³-hybridized carbons (Fsp3) is 0.400. The number of hydrogen-bond acceptors (Lipinski definition) is 2. The number of ether oxygens (including phenoxy) is 1. The molecule has 1 aromatic carbocycles. The predicted molar refractivity (Wildman–Crippen MR) is 54.7 cm³/mol. The van der Waals surface area contributed by atoms with Crippen LogP contribution in [0.5, 0.6) is 5.75 Å². The highest BCUT2D eigenvalue weighted by atomic mass is 32.2. The number of hydrogen-bond donors (Lipinski definition) is 0. The van der Waals surface area contributed by atoms with Crippen molar-refractivity contribution in [2.45, 2.75) is 19.3 Å². The van der Waals surface area contributed by atoms with Gasteiger partial charge in [0.25, 0.3) is 0 Å². The van der Waals surface area contributed by atoms with E-state index in [1.807, 2.05) is 30.3 Å². The van der Waals surface area contributed by atoms with Gasteiger partial charge < -0.3 is 4.74 Å². The highest BCUT2D eigenvalue weighted by Crippen LogP contribution is 2.16. The minimum absolute atomic E-state index is 0.248. The second-order valence-corrected chi connectivity index (χ2v) is 4.03. The molecule has 1 rings (SSSR count). The fourth-order valence-electron chi connectivity index (χ4n) is 0.959. The monoisotopic (exact) mass is 182 g/mol. The summed E-state index contributed by atoms with van der Waals surface area (Å²) in [6.07, 6.45) is 0. The average Bonchev–Trinajstić information content (AvgIpc) is 2.06. The Morgan fingerprint density at radius 3 is 2.58 bits per heavy atom. The smallest absolute Gasteiger partial charge is 0.141 e. The van der Waals surface area contributed by atoms with Gasteiger partial charge in [0.15, 0.2) is 0 Å². The Bertz CT molecular complexity index is 210. The van der Waals surface area contributed by atoms with E-state index < -0.39 is 0 Å². The van der Waals surface area contributed by atoms with Gasteiger partial charge in [0.1, 0.15) is 11.2 Å². The number of rotatable bonds is 4. The molecular formula is C10H14OS. The maximum absolute atomic E-state index is 5.62. The van der Waals surface area contributed by atoms with Crippen molar-refractivity contribution < 1.29 is 4.74 Å². The summed E-state index contributed by atoms with van der Waals surface area (Å²) in [7, 11) is 0. The van der Waals surface area contributed by atoms with Gasteiger partial charge in [0.05, 0.1) is 0 Å². The maximum Gasteiger partial charge on any atom is 0.141 e. The van der Waals surface area contributed by atoms with E-state index in [-0.39, 0.29) is 5.44 Å². The van der Waals surface area contributed by atoms with Crippen LogP contribution < -0.4 is 4.74 Å². The summed E-state index contributed by atoms with van der Waals surface area (Å²) < 4.78 is 5.62. The lowest BCUT2D eigenvalue weighted by atomic mass is 10.3. The minimum atomic E-state index is 0.248. The van der Waals surface area contributed by atoms with E-state index in [0.29, 0.717) is 0 Å². The van der Waals surface area contributed by atoms with Crippen molar-refractivity contribution in [2.24, 2.45) is 0 Å². The zero-order valence-electron chi connectivity index (χ0n) is 7.49. The molecule has 0 aromatic heterocycles. The molecule has 0 amide bonds. The minimum Gasteiger partial charge on any atom is -0.480 e. The van der Waals surface area contributed by atoms with Crippen molar-refractivity contribution in [3.8, 4) is 5.75 Å². The molecule has 1 unspecified atom stereocenters. The van der Waals surface area contributed by atoms with Crippen LogP contribution in [-0.4, -0.2) is 11.2 Å². The van der Waals surface area contributed by atoms with Crippen LogP contribution in [0.15, 0.2) is 30.3 Å². The van der Waals surface area contributed by atoms with E-state index in [1.54, 1.807) is 11.8 Å². The Kier molecular flexibility index (Phi) is 4.01. The van der Waals surface area contributed by atoms with E-state index in [2.05, 4.69) is 13.8 Å². The first-order chi connectivity index (χ1) is 5.83. The van der Waals surface area contributed by atoms with Crippen LogP contribution in [0, 0.1) is 0 Å². The Balaban J connectivity index is 2.41. The van der Waals surface area contributed by atoms with Crippen molar-refractivity contribution in [3.05, 3.63) is 30.3 Å². The van der Waals surface area contributed by atoms with Gasteiger partial charge in [-0.15, -0.1) is 11.8 Å². The second kappa shape index (κ2) is 5.09. The molecule has 1 nitrogen and oxygen atoms in total. The van der Waals surface area contributed by atoms with Crippen molar-refractivity contribution in [3.63, 3.8) is 0 Å². The van der Waals surface area contributed by atoms with Crippen LogP contribution in [0.2, 0.25) is 0 Å². The van der Waals surface area contributed by atoms with E-state index in [9.17, 15) is 0 Å².